The molecule has 1 aliphatic rings. The Bertz CT molecular complexity index is 872. The van der Waals surface area contributed by atoms with Crippen molar-refractivity contribution in [3.8, 4) is 0 Å². The Balaban J connectivity index is 1.70. The molecular weight excluding hydrogens is 444 g/mol. The molecule has 1 heterocycles. The van der Waals surface area contributed by atoms with Gasteiger partial charge in [0.2, 0.25) is 5.91 Å². The van der Waals surface area contributed by atoms with Crippen LogP contribution >= 0.6 is 15.9 Å². The highest BCUT2D eigenvalue weighted by molar-refractivity contribution is 9.10. The zero-order valence-electron chi connectivity index (χ0n) is 17.8. The van der Waals surface area contributed by atoms with Crippen molar-refractivity contribution in [2.75, 3.05) is 20.3 Å². The van der Waals surface area contributed by atoms with Gasteiger partial charge in [-0.15, -0.1) is 0 Å². The highest BCUT2D eigenvalue weighted by Gasteiger charge is 2.41. The third-order valence-corrected chi connectivity index (χ3v) is 6.46. The van der Waals surface area contributed by atoms with Crippen molar-refractivity contribution in [3.05, 3.63) is 69.7 Å². The summed E-state index contributed by atoms with van der Waals surface area (Å²) in [6.07, 6.45) is 1.32. The number of hydrogen-bond acceptors (Lipinski definition) is 3. The highest BCUT2D eigenvalue weighted by atomic mass is 79.9. The predicted molar refractivity (Wildman–Crippen MR) is 121 cm³/mol. The summed E-state index contributed by atoms with van der Waals surface area (Å²) in [4.78, 5) is 27.4. The predicted octanol–water partition coefficient (Wildman–Crippen LogP) is 4.29. The molecule has 0 unspecified atom stereocenters. The number of carbonyl (C=O) groups excluding carboxylic acids is 2. The zero-order valence-corrected chi connectivity index (χ0v) is 19.4. The molecule has 6 heteroatoms. The second-order valence-corrected chi connectivity index (χ2v) is 9.01. The molecule has 30 heavy (non-hydrogen) atoms. The van der Waals surface area contributed by atoms with Crippen LogP contribution in [0.5, 0.6) is 0 Å². The van der Waals surface area contributed by atoms with Crippen molar-refractivity contribution < 1.29 is 14.3 Å². The third kappa shape index (κ3) is 4.93. The van der Waals surface area contributed by atoms with E-state index in [2.05, 4.69) is 21.2 Å². The van der Waals surface area contributed by atoms with Gasteiger partial charge in [0.05, 0.1) is 5.41 Å². The monoisotopic (exact) mass is 472 g/mol. The summed E-state index contributed by atoms with van der Waals surface area (Å²) in [7, 11) is 1.80. The molecule has 1 saturated heterocycles. The fourth-order valence-corrected chi connectivity index (χ4v) is 3.95. The van der Waals surface area contributed by atoms with Gasteiger partial charge in [-0.2, -0.15) is 0 Å². The molecule has 2 amide bonds. The lowest BCUT2D eigenvalue weighted by molar-refractivity contribution is -0.130. The van der Waals surface area contributed by atoms with Gasteiger partial charge in [-0.25, -0.2) is 0 Å². The molecule has 0 atom stereocenters. The zero-order chi connectivity index (χ0) is 21.7. The molecule has 0 saturated carbocycles. The van der Waals surface area contributed by atoms with Crippen molar-refractivity contribution in [2.24, 2.45) is 0 Å². The summed E-state index contributed by atoms with van der Waals surface area (Å²) in [5.41, 5.74) is 2.06. The third-order valence-electron chi connectivity index (χ3n) is 5.93. The molecular formula is C24H29BrN2O3. The molecule has 0 spiro atoms. The lowest BCUT2D eigenvalue weighted by atomic mass is 9.73. The van der Waals surface area contributed by atoms with Crippen molar-refractivity contribution in [2.45, 2.75) is 44.7 Å². The number of carbonyl (C=O) groups is 2. The number of benzene rings is 2. The van der Waals surface area contributed by atoms with Crippen LogP contribution < -0.4 is 5.32 Å². The van der Waals surface area contributed by atoms with E-state index in [1.807, 2.05) is 62.4 Å². The molecule has 2 aromatic carbocycles. The quantitative estimate of drug-likeness (QED) is 0.681. The summed E-state index contributed by atoms with van der Waals surface area (Å²) >= 11 is 3.47. The van der Waals surface area contributed by atoms with Crippen LogP contribution in [0.4, 0.5) is 0 Å². The maximum absolute atomic E-state index is 13.3. The van der Waals surface area contributed by atoms with Gasteiger partial charge in [-0.05, 0) is 62.1 Å². The van der Waals surface area contributed by atoms with Gasteiger partial charge in [0.25, 0.3) is 5.91 Å². The maximum atomic E-state index is 13.3. The Hall–Kier alpha value is -2.18. The molecule has 0 bridgehead atoms. The van der Waals surface area contributed by atoms with Crippen LogP contribution in [0.1, 0.15) is 48.2 Å². The molecule has 3 rings (SSSR count). The number of rotatable bonds is 6. The Morgan fingerprint density at radius 1 is 1.07 bits per heavy atom. The lowest BCUT2D eigenvalue weighted by Crippen LogP contribution is -2.47. The molecule has 2 aromatic rings. The fourth-order valence-electron chi connectivity index (χ4n) is 3.69. The molecule has 0 radical (unpaired) electrons. The van der Waals surface area contributed by atoms with Gasteiger partial charge in [-0.3, -0.25) is 9.59 Å². The van der Waals surface area contributed by atoms with Crippen LogP contribution in [0.25, 0.3) is 0 Å². The van der Waals surface area contributed by atoms with Gasteiger partial charge in [0.15, 0.2) is 0 Å². The van der Waals surface area contributed by atoms with E-state index in [0.717, 1.165) is 15.6 Å². The first-order valence-electron chi connectivity index (χ1n) is 10.3. The van der Waals surface area contributed by atoms with Crippen LogP contribution in [-0.4, -0.2) is 43.0 Å². The smallest absolute Gasteiger partial charge is 0.253 e. The van der Waals surface area contributed by atoms with Crippen molar-refractivity contribution in [1.29, 1.82) is 0 Å². The second kappa shape index (κ2) is 9.75. The molecule has 0 aliphatic carbocycles. The van der Waals surface area contributed by atoms with Gasteiger partial charge in [0.1, 0.15) is 0 Å². The van der Waals surface area contributed by atoms with Gasteiger partial charge >= 0.3 is 0 Å². The first-order valence-corrected chi connectivity index (χ1v) is 11.1. The molecule has 1 fully saturated rings. The van der Waals surface area contributed by atoms with Crippen LogP contribution in [0, 0.1) is 0 Å². The number of ether oxygens (including phenoxy) is 1. The van der Waals surface area contributed by atoms with E-state index < -0.39 is 5.41 Å². The van der Waals surface area contributed by atoms with E-state index in [1.54, 1.807) is 11.9 Å². The number of nitrogens with zero attached hydrogens (tertiary/aromatic N) is 1. The standard InChI is InChI=1S/C24H29BrN2O3/c1-17(2)27(3)22(28)19-6-4-18(5-7-19)16-26-23(29)24(12-14-30-15-13-24)20-8-10-21(25)11-9-20/h4-11,17H,12-16H2,1-3H3,(H,26,29). The second-order valence-electron chi connectivity index (χ2n) is 8.09. The van der Waals surface area contributed by atoms with E-state index in [0.29, 0.717) is 38.2 Å². The Kier molecular flexibility index (Phi) is 7.32. The minimum Gasteiger partial charge on any atom is -0.381 e. The van der Waals surface area contributed by atoms with Gasteiger partial charge < -0.3 is 15.0 Å². The van der Waals surface area contributed by atoms with Gasteiger partial charge in [-0.1, -0.05) is 40.2 Å². The first-order chi connectivity index (χ1) is 14.3. The molecule has 1 aliphatic heterocycles. The number of amides is 2. The number of hydrogen-bond donors (Lipinski definition) is 1. The van der Waals surface area contributed by atoms with Crippen molar-refractivity contribution in [1.82, 2.24) is 10.2 Å². The van der Waals surface area contributed by atoms with Crippen LogP contribution in [-0.2, 0) is 21.5 Å². The summed E-state index contributed by atoms with van der Waals surface area (Å²) in [5.74, 6) is 0.0183. The Morgan fingerprint density at radius 2 is 1.67 bits per heavy atom. The van der Waals surface area contributed by atoms with Crippen LogP contribution in [0.3, 0.4) is 0 Å². The SMILES string of the molecule is CC(C)N(C)C(=O)c1ccc(CNC(=O)C2(c3ccc(Br)cc3)CCOCC2)cc1. The normalized spacial score (nSPS) is 15.6. The summed E-state index contributed by atoms with van der Waals surface area (Å²) in [5, 5.41) is 3.11. The van der Waals surface area contributed by atoms with Crippen LogP contribution in [0.2, 0.25) is 0 Å². The fraction of sp³-hybridized carbons (Fsp3) is 0.417. The number of halogens is 1. The summed E-state index contributed by atoms with van der Waals surface area (Å²) in [6.45, 7) is 5.54. The summed E-state index contributed by atoms with van der Waals surface area (Å²) < 4.78 is 6.52. The minimum atomic E-state index is -0.575. The van der Waals surface area contributed by atoms with E-state index in [-0.39, 0.29) is 17.9 Å². The Morgan fingerprint density at radius 3 is 2.23 bits per heavy atom. The molecule has 0 aromatic heterocycles. The summed E-state index contributed by atoms with van der Waals surface area (Å²) in [6, 6.07) is 15.6. The van der Waals surface area contributed by atoms with Crippen molar-refractivity contribution in [3.63, 3.8) is 0 Å². The van der Waals surface area contributed by atoms with E-state index in [4.69, 9.17) is 4.74 Å². The highest BCUT2D eigenvalue weighted by Crippen LogP contribution is 2.36. The Labute approximate surface area is 186 Å². The van der Waals surface area contributed by atoms with Crippen molar-refractivity contribution >= 4 is 27.7 Å². The van der Waals surface area contributed by atoms with Crippen LogP contribution in [0.15, 0.2) is 53.0 Å². The molecule has 160 valence electrons. The topological polar surface area (TPSA) is 58.6 Å². The number of nitrogens with one attached hydrogen (secondary N) is 1. The van der Waals surface area contributed by atoms with E-state index >= 15 is 0 Å². The molecule has 5 nitrogen and oxygen atoms in total. The molecule has 1 N–H and O–H groups in total. The van der Waals surface area contributed by atoms with E-state index in [9.17, 15) is 9.59 Å². The lowest BCUT2D eigenvalue weighted by Gasteiger charge is -2.36. The minimum absolute atomic E-state index is 0.00279. The maximum Gasteiger partial charge on any atom is 0.253 e. The van der Waals surface area contributed by atoms with Gasteiger partial charge in [0, 0.05) is 42.9 Å². The first kappa shape index (κ1) is 22.5. The van der Waals surface area contributed by atoms with E-state index in [1.165, 1.54) is 0 Å². The largest absolute Gasteiger partial charge is 0.381 e. The average molecular weight is 473 g/mol. The average Bonchev–Trinajstić information content (AvgIpc) is 2.77.